The molecule has 1 fully saturated rings. The zero-order valence-electron chi connectivity index (χ0n) is 11.1. The summed E-state index contributed by atoms with van der Waals surface area (Å²) in [5, 5.41) is 10.6. The lowest BCUT2D eigenvalue weighted by Crippen LogP contribution is -2.33. The molecule has 1 heterocycles. The second-order valence-electron chi connectivity index (χ2n) is 6.02. The fourth-order valence-corrected chi connectivity index (χ4v) is 3.16. The largest absolute Gasteiger partial charge is 0.392 e. The number of rotatable bonds is 3. The monoisotopic (exact) mass is 233 g/mol. The fraction of sp³-hybridized carbons (Fsp3) is 0.667. The molecule has 0 spiro atoms. The summed E-state index contributed by atoms with van der Waals surface area (Å²) < 4.78 is 0. The van der Waals surface area contributed by atoms with Crippen LogP contribution >= 0.6 is 0 Å². The zero-order chi connectivity index (χ0) is 12.5. The third-order valence-corrected chi connectivity index (χ3v) is 4.42. The van der Waals surface area contributed by atoms with Crippen molar-refractivity contribution in [3.8, 4) is 0 Å². The molecular weight excluding hydrogens is 210 g/mol. The Morgan fingerprint density at radius 3 is 2.71 bits per heavy atom. The van der Waals surface area contributed by atoms with Gasteiger partial charge in [0.1, 0.15) is 0 Å². The van der Waals surface area contributed by atoms with E-state index in [1.54, 1.807) is 6.20 Å². The highest BCUT2D eigenvalue weighted by atomic mass is 16.3. The normalized spacial score (nSPS) is 26.7. The molecule has 1 N–H and O–H groups in total. The quantitative estimate of drug-likeness (QED) is 0.868. The fourth-order valence-electron chi connectivity index (χ4n) is 3.16. The van der Waals surface area contributed by atoms with Crippen LogP contribution in [0.3, 0.4) is 0 Å². The third-order valence-electron chi connectivity index (χ3n) is 4.42. The van der Waals surface area contributed by atoms with Crippen LogP contribution in [0.5, 0.6) is 0 Å². The Balaban J connectivity index is 2.12. The smallest absolute Gasteiger partial charge is 0.0654 e. The van der Waals surface area contributed by atoms with E-state index >= 15 is 0 Å². The Morgan fingerprint density at radius 1 is 1.41 bits per heavy atom. The molecule has 0 bridgehead atoms. The van der Waals surface area contributed by atoms with Crippen molar-refractivity contribution in [1.29, 1.82) is 0 Å². The molecular formula is C15H23NO. The second kappa shape index (κ2) is 4.77. The van der Waals surface area contributed by atoms with Gasteiger partial charge in [0, 0.05) is 17.8 Å². The summed E-state index contributed by atoms with van der Waals surface area (Å²) in [7, 11) is 0. The summed E-state index contributed by atoms with van der Waals surface area (Å²) >= 11 is 0. The molecule has 1 aliphatic rings. The number of nitrogens with zero attached hydrogens (tertiary/aromatic N) is 1. The van der Waals surface area contributed by atoms with E-state index in [0.29, 0.717) is 5.92 Å². The van der Waals surface area contributed by atoms with E-state index < -0.39 is 0 Å². The molecule has 1 aliphatic carbocycles. The van der Waals surface area contributed by atoms with Crippen molar-refractivity contribution in [3.63, 3.8) is 0 Å². The molecule has 0 radical (unpaired) electrons. The Labute approximate surface area is 104 Å². The minimum Gasteiger partial charge on any atom is -0.392 e. The molecule has 1 aromatic heterocycles. The van der Waals surface area contributed by atoms with Gasteiger partial charge in [-0.3, -0.25) is 4.98 Å². The Bertz CT molecular complexity index is 360. The van der Waals surface area contributed by atoms with Crippen molar-refractivity contribution in [1.82, 2.24) is 4.98 Å². The molecule has 1 aromatic rings. The van der Waals surface area contributed by atoms with Gasteiger partial charge in [-0.15, -0.1) is 0 Å². The van der Waals surface area contributed by atoms with Crippen LogP contribution in [0.25, 0.3) is 0 Å². The second-order valence-corrected chi connectivity index (χ2v) is 6.02. The zero-order valence-corrected chi connectivity index (χ0v) is 11.1. The maximum Gasteiger partial charge on any atom is 0.0654 e. The Morgan fingerprint density at radius 2 is 2.18 bits per heavy atom. The summed E-state index contributed by atoms with van der Waals surface area (Å²) in [5.41, 5.74) is 1.27. The van der Waals surface area contributed by atoms with E-state index in [4.69, 9.17) is 0 Å². The molecule has 2 heteroatoms. The van der Waals surface area contributed by atoms with E-state index in [0.717, 1.165) is 12.1 Å². The van der Waals surface area contributed by atoms with Gasteiger partial charge >= 0.3 is 0 Å². The van der Waals surface area contributed by atoms with Crippen LogP contribution < -0.4 is 0 Å². The summed E-state index contributed by atoms with van der Waals surface area (Å²) in [6, 6.07) is 5.92. The number of hydrogen-bond donors (Lipinski definition) is 1. The van der Waals surface area contributed by atoms with E-state index in [1.165, 1.54) is 12.8 Å². The lowest BCUT2D eigenvalue weighted by atomic mass is 9.75. The van der Waals surface area contributed by atoms with Crippen molar-refractivity contribution in [2.45, 2.75) is 52.1 Å². The molecule has 3 atom stereocenters. The summed E-state index contributed by atoms with van der Waals surface area (Å²) in [6.45, 7) is 6.64. The molecule has 2 rings (SSSR count). The lowest BCUT2D eigenvalue weighted by Gasteiger charge is -2.34. The van der Waals surface area contributed by atoms with Crippen LogP contribution in [-0.2, 0) is 0 Å². The molecule has 1 saturated carbocycles. The molecule has 3 unspecified atom stereocenters. The SMILES string of the molecule is CC(c1ccccn1)C(O)C1CCCC1(C)C. The van der Waals surface area contributed by atoms with Crippen molar-refractivity contribution in [2.24, 2.45) is 11.3 Å². The minimum absolute atomic E-state index is 0.124. The summed E-state index contributed by atoms with van der Waals surface area (Å²) in [4.78, 5) is 4.36. The van der Waals surface area contributed by atoms with Crippen LogP contribution in [0, 0.1) is 11.3 Å². The number of aliphatic hydroxyl groups is 1. The summed E-state index contributed by atoms with van der Waals surface area (Å²) in [5.74, 6) is 0.526. The van der Waals surface area contributed by atoms with Crippen LogP contribution in [0.1, 0.15) is 51.6 Å². The highest BCUT2D eigenvalue weighted by molar-refractivity contribution is 5.11. The van der Waals surface area contributed by atoms with Crippen molar-refractivity contribution < 1.29 is 5.11 Å². The topological polar surface area (TPSA) is 33.1 Å². The van der Waals surface area contributed by atoms with Gasteiger partial charge < -0.3 is 5.11 Å². The Kier molecular flexibility index (Phi) is 3.53. The van der Waals surface area contributed by atoms with Gasteiger partial charge in [-0.2, -0.15) is 0 Å². The third kappa shape index (κ3) is 2.52. The van der Waals surface area contributed by atoms with Gasteiger partial charge in [-0.1, -0.05) is 33.3 Å². The Hall–Kier alpha value is -0.890. The highest BCUT2D eigenvalue weighted by Crippen LogP contribution is 2.46. The number of hydrogen-bond acceptors (Lipinski definition) is 2. The van der Waals surface area contributed by atoms with Gasteiger partial charge in [0.2, 0.25) is 0 Å². The van der Waals surface area contributed by atoms with Gasteiger partial charge in [0.05, 0.1) is 6.10 Å². The van der Waals surface area contributed by atoms with Crippen LogP contribution in [0.4, 0.5) is 0 Å². The first-order valence-electron chi connectivity index (χ1n) is 6.61. The van der Waals surface area contributed by atoms with Gasteiger partial charge in [0.15, 0.2) is 0 Å². The molecule has 2 nitrogen and oxygen atoms in total. The van der Waals surface area contributed by atoms with Crippen molar-refractivity contribution in [3.05, 3.63) is 30.1 Å². The van der Waals surface area contributed by atoms with Crippen LogP contribution in [0.2, 0.25) is 0 Å². The lowest BCUT2D eigenvalue weighted by molar-refractivity contribution is 0.0359. The first-order chi connectivity index (χ1) is 8.02. The van der Waals surface area contributed by atoms with Crippen LogP contribution in [0.15, 0.2) is 24.4 Å². The molecule has 0 aromatic carbocycles. The number of pyridine rings is 1. The van der Waals surface area contributed by atoms with E-state index in [2.05, 4.69) is 25.8 Å². The van der Waals surface area contributed by atoms with Crippen molar-refractivity contribution in [2.75, 3.05) is 0 Å². The highest BCUT2D eigenvalue weighted by Gasteiger charge is 2.41. The average Bonchev–Trinajstić information content (AvgIpc) is 2.68. The first-order valence-corrected chi connectivity index (χ1v) is 6.61. The van der Waals surface area contributed by atoms with Crippen LogP contribution in [-0.4, -0.2) is 16.2 Å². The van der Waals surface area contributed by atoms with E-state index in [9.17, 15) is 5.11 Å². The van der Waals surface area contributed by atoms with Gasteiger partial charge in [-0.25, -0.2) is 0 Å². The van der Waals surface area contributed by atoms with E-state index in [-0.39, 0.29) is 17.4 Å². The molecule has 0 saturated heterocycles. The number of aliphatic hydroxyl groups excluding tert-OH is 1. The van der Waals surface area contributed by atoms with Gasteiger partial charge in [-0.05, 0) is 36.3 Å². The van der Waals surface area contributed by atoms with Crippen molar-refractivity contribution >= 4 is 0 Å². The maximum atomic E-state index is 10.6. The molecule has 0 aliphatic heterocycles. The molecule has 94 valence electrons. The predicted molar refractivity (Wildman–Crippen MR) is 69.8 cm³/mol. The van der Waals surface area contributed by atoms with Gasteiger partial charge in [0.25, 0.3) is 0 Å². The molecule has 17 heavy (non-hydrogen) atoms. The average molecular weight is 233 g/mol. The van der Waals surface area contributed by atoms with E-state index in [1.807, 2.05) is 18.2 Å². The molecule has 0 amide bonds. The summed E-state index contributed by atoms with van der Waals surface area (Å²) in [6.07, 6.45) is 5.14. The maximum absolute atomic E-state index is 10.6. The minimum atomic E-state index is -0.276. The standard InChI is InChI=1S/C15H23NO/c1-11(13-8-4-5-10-16-13)14(17)12-7-6-9-15(12,2)3/h4-5,8,10-12,14,17H,6-7,9H2,1-3H3. The first kappa shape index (κ1) is 12.6. The number of aromatic nitrogens is 1. The predicted octanol–water partition coefficient (Wildman–Crippen LogP) is 3.37.